The summed E-state index contributed by atoms with van der Waals surface area (Å²) in [4.78, 5) is 7.40. The Balaban J connectivity index is 0.00000385. The third-order valence-corrected chi connectivity index (χ3v) is 5.90. The zero-order valence-corrected chi connectivity index (χ0v) is 22.9. The van der Waals surface area contributed by atoms with Gasteiger partial charge < -0.3 is 29.7 Å². The van der Waals surface area contributed by atoms with Crippen molar-refractivity contribution in [1.82, 2.24) is 10.2 Å². The van der Waals surface area contributed by atoms with E-state index in [1.165, 1.54) is 13.0 Å². The summed E-state index contributed by atoms with van der Waals surface area (Å²) in [6.45, 7) is 13.7. The number of anilines is 1. The molecule has 3 rings (SSSR count). The maximum atomic E-state index is 5.78. The molecule has 2 fully saturated rings. The lowest BCUT2D eigenvalue weighted by atomic mass is 10.1. The van der Waals surface area contributed by atoms with Crippen molar-refractivity contribution in [3.63, 3.8) is 0 Å². The Morgan fingerprint density at radius 1 is 1.24 bits per heavy atom. The van der Waals surface area contributed by atoms with Crippen LogP contribution in [0.1, 0.15) is 46.5 Å². The lowest BCUT2D eigenvalue weighted by Crippen LogP contribution is -2.33. The molecule has 2 heterocycles. The molecule has 188 valence electrons. The molecule has 0 amide bonds. The second-order valence-corrected chi connectivity index (χ2v) is 9.04. The van der Waals surface area contributed by atoms with Gasteiger partial charge in [-0.25, -0.2) is 0 Å². The standard InChI is InChI=1S/C25H42N4O3.HI/c1-4-29-14-12-21(18-29)17-27-25(26-13-6-15-30-19-24-7-5-16-31-24)28-22-8-10-23(11-9-22)32-20(2)3;/h8-11,20-21,24H,4-7,12-19H2,1-3H3,(H2,26,27,28);1H. The summed E-state index contributed by atoms with van der Waals surface area (Å²) in [6, 6.07) is 8.06. The Hall–Kier alpha value is -1.10. The van der Waals surface area contributed by atoms with E-state index >= 15 is 0 Å². The molecular formula is C25H43IN4O3. The highest BCUT2D eigenvalue weighted by Gasteiger charge is 2.20. The van der Waals surface area contributed by atoms with Crippen LogP contribution in [0.5, 0.6) is 5.75 Å². The maximum absolute atomic E-state index is 5.78. The number of benzene rings is 1. The molecule has 1 aromatic carbocycles. The fourth-order valence-corrected chi connectivity index (χ4v) is 4.11. The monoisotopic (exact) mass is 574 g/mol. The number of hydrogen-bond donors (Lipinski definition) is 2. The highest BCUT2D eigenvalue weighted by Crippen LogP contribution is 2.18. The average Bonchev–Trinajstić information content (AvgIpc) is 3.47. The number of nitrogens with one attached hydrogen (secondary N) is 2. The van der Waals surface area contributed by atoms with Gasteiger partial charge in [-0.05, 0) is 82.8 Å². The number of rotatable bonds is 12. The van der Waals surface area contributed by atoms with Crippen molar-refractivity contribution < 1.29 is 14.2 Å². The van der Waals surface area contributed by atoms with Crippen LogP contribution in [-0.2, 0) is 9.47 Å². The predicted molar refractivity (Wildman–Crippen MR) is 146 cm³/mol. The van der Waals surface area contributed by atoms with Crippen molar-refractivity contribution in [2.24, 2.45) is 10.9 Å². The fraction of sp³-hybridized carbons (Fsp3) is 0.720. The van der Waals surface area contributed by atoms with Gasteiger partial charge in [-0.3, -0.25) is 4.99 Å². The van der Waals surface area contributed by atoms with E-state index in [4.69, 9.17) is 19.2 Å². The van der Waals surface area contributed by atoms with Crippen molar-refractivity contribution in [1.29, 1.82) is 0 Å². The molecule has 1 aromatic rings. The molecular weight excluding hydrogens is 531 g/mol. The van der Waals surface area contributed by atoms with E-state index in [2.05, 4.69) is 22.5 Å². The summed E-state index contributed by atoms with van der Waals surface area (Å²) in [5, 5.41) is 6.93. The van der Waals surface area contributed by atoms with Gasteiger partial charge in [0, 0.05) is 38.5 Å². The molecule has 2 aliphatic rings. The topological polar surface area (TPSA) is 67.4 Å². The Bertz CT molecular complexity index is 681. The largest absolute Gasteiger partial charge is 0.491 e. The van der Waals surface area contributed by atoms with Crippen LogP contribution in [0.2, 0.25) is 0 Å². The van der Waals surface area contributed by atoms with Crippen molar-refractivity contribution in [2.45, 2.75) is 58.7 Å². The van der Waals surface area contributed by atoms with Crippen LogP contribution < -0.4 is 15.4 Å². The third kappa shape index (κ3) is 10.8. The van der Waals surface area contributed by atoms with Gasteiger partial charge in [-0.2, -0.15) is 0 Å². The molecule has 2 saturated heterocycles. The number of likely N-dealkylation sites (tertiary alicyclic amines) is 1. The van der Waals surface area contributed by atoms with Crippen LogP contribution in [0, 0.1) is 5.92 Å². The zero-order valence-electron chi connectivity index (χ0n) is 20.6. The highest BCUT2D eigenvalue weighted by atomic mass is 127. The number of guanidine groups is 1. The van der Waals surface area contributed by atoms with Crippen LogP contribution in [0.3, 0.4) is 0 Å². The molecule has 7 nitrogen and oxygen atoms in total. The Morgan fingerprint density at radius 2 is 2.06 bits per heavy atom. The summed E-state index contributed by atoms with van der Waals surface area (Å²) < 4.78 is 17.1. The van der Waals surface area contributed by atoms with Crippen LogP contribution in [-0.4, -0.2) is 75.6 Å². The van der Waals surface area contributed by atoms with Gasteiger partial charge in [0.2, 0.25) is 0 Å². The summed E-state index contributed by atoms with van der Waals surface area (Å²) >= 11 is 0. The van der Waals surface area contributed by atoms with E-state index in [1.807, 2.05) is 38.1 Å². The van der Waals surface area contributed by atoms with Crippen molar-refractivity contribution in [3.8, 4) is 5.75 Å². The van der Waals surface area contributed by atoms with Gasteiger partial charge in [0.15, 0.2) is 5.96 Å². The second-order valence-electron chi connectivity index (χ2n) is 9.04. The molecule has 2 unspecified atom stereocenters. The smallest absolute Gasteiger partial charge is 0.195 e. The van der Waals surface area contributed by atoms with Gasteiger partial charge in [-0.1, -0.05) is 6.92 Å². The van der Waals surface area contributed by atoms with Crippen LogP contribution in [0.15, 0.2) is 29.3 Å². The maximum Gasteiger partial charge on any atom is 0.195 e. The minimum Gasteiger partial charge on any atom is -0.491 e. The predicted octanol–water partition coefficient (Wildman–Crippen LogP) is 4.38. The van der Waals surface area contributed by atoms with Crippen molar-refractivity contribution in [2.75, 3.05) is 57.9 Å². The zero-order chi connectivity index (χ0) is 22.6. The first-order chi connectivity index (χ1) is 15.6. The normalized spacial score (nSPS) is 21.3. The van der Waals surface area contributed by atoms with E-state index < -0.39 is 0 Å². The van der Waals surface area contributed by atoms with Crippen LogP contribution in [0.4, 0.5) is 5.69 Å². The van der Waals surface area contributed by atoms with Gasteiger partial charge in [0.05, 0.1) is 18.8 Å². The number of ether oxygens (including phenoxy) is 3. The molecule has 0 bridgehead atoms. The van der Waals surface area contributed by atoms with E-state index in [1.54, 1.807) is 0 Å². The Labute approximate surface area is 217 Å². The van der Waals surface area contributed by atoms with E-state index in [0.29, 0.717) is 18.6 Å². The van der Waals surface area contributed by atoms with Crippen molar-refractivity contribution in [3.05, 3.63) is 24.3 Å². The SMILES string of the molecule is CCN1CCC(CN=C(NCCCOCC2CCCO2)Nc2ccc(OC(C)C)cc2)C1.I. The Morgan fingerprint density at radius 3 is 2.73 bits per heavy atom. The molecule has 2 aliphatic heterocycles. The lowest BCUT2D eigenvalue weighted by molar-refractivity contribution is 0.0168. The molecule has 0 spiro atoms. The van der Waals surface area contributed by atoms with E-state index in [0.717, 1.165) is 76.1 Å². The molecule has 0 aliphatic carbocycles. The number of halogens is 1. The molecule has 0 radical (unpaired) electrons. The van der Waals surface area contributed by atoms with E-state index in [9.17, 15) is 0 Å². The average molecular weight is 575 g/mol. The van der Waals surface area contributed by atoms with Crippen LogP contribution >= 0.6 is 24.0 Å². The first kappa shape index (κ1) is 28.1. The van der Waals surface area contributed by atoms with Gasteiger partial charge in [-0.15, -0.1) is 24.0 Å². The third-order valence-electron chi connectivity index (χ3n) is 5.90. The van der Waals surface area contributed by atoms with Crippen molar-refractivity contribution >= 4 is 35.6 Å². The number of hydrogen-bond acceptors (Lipinski definition) is 5. The highest BCUT2D eigenvalue weighted by molar-refractivity contribution is 14.0. The molecule has 0 aromatic heterocycles. The van der Waals surface area contributed by atoms with E-state index in [-0.39, 0.29) is 30.1 Å². The lowest BCUT2D eigenvalue weighted by Gasteiger charge is -2.16. The molecule has 8 heteroatoms. The van der Waals surface area contributed by atoms with Gasteiger partial charge in [0.1, 0.15) is 5.75 Å². The summed E-state index contributed by atoms with van der Waals surface area (Å²) in [5.74, 6) is 2.34. The quantitative estimate of drug-likeness (QED) is 0.167. The molecule has 0 saturated carbocycles. The first-order valence-electron chi connectivity index (χ1n) is 12.4. The summed E-state index contributed by atoms with van der Waals surface area (Å²) in [7, 11) is 0. The summed E-state index contributed by atoms with van der Waals surface area (Å²) in [5.41, 5.74) is 1.00. The first-order valence-corrected chi connectivity index (χ1v) is 12.4. The number of nitrogens with zero attached hydrogens (tertiary/aromatic N) is 2. The minimum atomic E-state index is 0. The Kier molecular flexibility index (Phi) is 13.4. The molecule has 2 N–H and O–H groups in total. The van der Waals surface area contributed by atoms with Gasteiger partial charge >= 0.3 is 0 Å². The molecule has 2 atom stereocenters. The van der Waals surface area contributed by atoms with Gasteiger partial charge in [0.25, 0.3) is 0 Å². The second kappa shape index (κ2) is 15.7. The summed E-state index contributed by atoms with van der Waals surface area (Å²) in [6.07, 6.45) is 4.90. The fourth-order valence-electron chi connectivity index (χ4n) is 4.11. The number of aliphatic imine (C=N–C) groups is 1. The minimum absolute atomic E-state index is 0. The van der Waals surface area contributed by atoms with Crippen LogP contribution in [0.25, 0.3) is 0 Å². The molecule has 33 heavy (non-hydrogen) atoms.